The predicted octanol–water partition coefficient (Wildman–Crippen LogP) is 3.08. The summed E-state index contributed by atoms with van der Waals surface area (Å²) in [4.78, 5) is 25.2. The molecule has 0 radical (unpaired) electrons. The molecule has 2 unspecified atom stereocenters. The number of carboxylic acids is 1. The van der Waals surface area contributed by atoms with Gasteiger partial charge in [0.1, 0.15) is 0 Å². The van der Waals surface area contributed by atoms with Crippen LogP contribution in [0, 0.1) is 11.8 Å². The third kappa shape index (κ3) is 4.69. The molecule has 2 atom stereocenters. The molecule has 1 aliphatic heterocycles. The molecule has 120 valence electrons. The van der Waals surface area contributed by atoms with E-state index < -0.39 is 11.9 Å². The first-order chi connectivity index (χ1) is 10.3. The van der Waals surface area contributed by atoms with Crippen molar-refractivity contribution in [3.63, 3.8) is 0 Å². The standard InChI is InChI=1S/C15H18BrClN2O3/c1-9-4-10(15(21)22)7-19(6-9)8-14(20)18-13-3-2-11(16)5-12(13)17/h2-3,5,9-10H,4,6-8H2,1H3,(H,18,20)(H,21,22). The number of carbonyl (C=O) groups excluding carboxylic acids is 1. The molecule has 1 aromatic rings. The number of piperidine rings is 1. The van der Waals surface area contributed by atoms with Gasteiger partial charge in [0.25, 0.3) is 0 Å². The molecule has 1 heterocycles. The second kappa shape index (κ2) is 7.44. The highest BCUT2D eigenvalue weighted by Crippen LogP contribution is 2.26. The van der Waals surface area contributed by atoms with Crippen molar-refractivity contribution in [3.8, 4) is 0 Å². The summed E-state index contributed by atoms with van der Waals surface area (Å²) in [5.74, 6) is -1.14. The average molecular weight is 390 g/mol. The zero-order valence-electron chi connectivity index (χ0n) is 12.2. The van der Waals surface area contributed by atoms with E-state index in [0.717, 1.165) is 11.0 Å². The molecule has 0 aliphatic carbocycles. The lowest BCUT2D eigenvalue weighted by Crippen LogP contribution is -2.45. The maximum atomic E-state index is 12.1. The van der Waals surface area contributed by atoms with Crippen LogP contribution in [-0.2, 0) is 9.59 Å². The first-order valence-electron chi connectivity index (χ1n) is 7.05. The van der Waals surface area contributed by atoms with Crippen LogP contribution in [0.25, 0.3) is 0 Å². The highest BCUT2D eigenvalue weighted by molar-refractivity contribution is 9.10. The molecule has 1 aliphatic rings. The number of nitrogens with one attached hydrogen (secondary N) is 1. The predicted molar refractivity (Wildman–Crippen MR) is 89.1 cm³/mol. The third-order valence-electron chi connectivity index (χ3n) is 3.66. The average Bonchev–Trinajstić information content (AvgIpc) is 2.41. The van der Waals surface area contributed by atoms with Crippen molar-refractivity contribution in [2.75, 3.05) is 25.0 Å². The number of carboxylic acid groups (broad SMARTS) is 1. The molecule has 0 spiro atoms. The highest BCUT2D eigenvalue weighted by Gasteiger charge is 2.30. The van der Waals surface area contributed by atoms with Gasteiger partial charge in [-0.05, 0) is 30.5 Å². The van der Waals surface area contributed by atoms with Gasteiger partial charge in [-0.3, -0.25) is 14.5 Å². The first kappa shape index (κ1) is 17.2. The van der Waals surface area contributed by atoms with Crippen LogP contribution in [-0.4, -0.2) is 41.5 Å². The normalized spacial score (nSPS) is 22.3. The fraction of sp³-hybridized carbons (Fsp3) is 0.467. The van der Waals surface area contributed by atoms with Crippen LogP contribution in [0.5, 0.6) is 0 Å². The van der Waals surface area contributed by atoms with Gasteiger partial charge in [0.05, 0.1) is 23.2 Å². The van der Waals surface area contributed by atoms with Crippen LogP contribution in [0.15, 0.2) is 22.7 Å². The Morgan fingerprint density at radius 2 is 2.18 bits per heavy atom. The van der Waals surface area contributed by atoms with Gasteiger partial charge in [-0.25, -0.2) is 0 Å². The molecule has 7 heteroatoms. The fourth-order valence-corrected chi connectivity index (χ4v) is 3.47. The minimum absolute atomic E-state index is 0.167. The van der Waals surface area contributed by atoms with Gasteiger partial charge in [-0.15, -0.1) is 0 Å². The summed E-state index contributed by atoms with van der Waals surface area (Å²) in [5.41, 5.74) is 0.551. The maximum Gasteiger partial charge on any atom is 0.307 e. The highest BCUT2D eigenvalue weighted by atomic mass is 79.9. The van der Waals surface area contributed by atoms with Crippen LogP contribution >= 0.6 is 27.5 Å². The molecule has 2 rings (SSSR count). The third-order valence-corrected chi connectivity index (χ3v) is 4.46. The van der Waals surface area contributed by atoms with Gasteiger partial charge in [0.2, 0.25) is 5.91 Å². The zero-order chi connectivity index (χ0) is 16.3. The number of hydrogen-bond donors (Lipinski definition) is 2. The Kier molecular flexibility index (Phi) is 5.83. The van der Waals surface area contributed by atoms with Crippen LogP contribution in [0.4, 0.5) is 5.69 Å². The Morgan fingerprint density at radius 1 is 1.45 bits per heavy atom. The summed E-state index contributed by atoms with van der Waals surface area (Å²) in [6.45, 7) is 3.30. The molecule has 22 heavy (non-hydrogen) atoms. The number of rotatable bonds is 4. The minimum atomic E-state index is -0.798. The van der Waals surface area contributed by atoms with Gasteiger partial charge >= 0.3 is 5.97 Å². The molecule has 1 amide bonds. The number of aliphatic carboxylic acids is 1. The lowest BCUT2D eigenvalue weighted by Gasteiger charge is -2.34. The molecule has 1 saturated heterocycles. The number of hydrogen-bond acceptors (Lipinski definition) is 3. The van der Waals surface area contributed by atoms with Crippen molar-refractivity contribution in [1.29, 1.82) is 0 Å². The van der Waals surface area contributed by atoms with Crippen LogP contribution in [0.1, 0.15) is 13.3 Å². The largest absolute Gasteiger partial charge is 0.481 e. The summed E-state index contributed by atoms with van der Waals surface area (Å²) in [5, 5.41) is 12.4. The molecular formula is C15H18BrClN2O3. The van der Waals surface area contributed by atoms with Crippen LogP contribution in [0.2, 0.25) is 5.02 Å². The Labute approximate surface area is 142 Å². The minimum Gasteiger partial charge on any atom is -0.481 e. The van der Waals surface area contributed by atoms with Gasteiger partial charge in [-0.2, -0.15) is 0 Å². The van der Waals surface area contributed by atoms with E-state index in [4.69, 9.17) is 16.7 Å². The molecule has 0 saturated carbocycles. The Hall–Kier alpha value is -1.11. The van der Waals surface area contributed by atoms with Crippen molar-refractivity contribution in [2.45, 2.75) is 13.3 Å². The Bertz CT molecular complexity index is 582. The van der Waals surface area contributed by atoms with Gasteiger partial charge in [0.15, 0.2) is 0 Å². The van der Waals surface area contributed by atoms with Crippen molar-refractivity contribution in [3.05, 3.63) is 27.7 Å². The van der Waals surface area contributed by atoms with Crippen molar-refractivity contribution in [1.82, 2.24) is 4.90 Å². The maximum absolute atomic E-state index is 12.1. The Morgan fingerprint density at radius 3 is 2.82 bits per heavy atom. The van der Waals surface area contributed by atoms with Crippen molar-refractivity contribution < 1.29 is 14.7 Å². The van der Waals surface area contributed by atoms with E-state index in [9.17, 15) is 9.59 Å². The number of likely N-dealkylation sites (tertiary alicyclic amines) is 1. The number of benzene rings is 1. The number of amides is 1. The summed E-state index contributed by atoms with van der Waals surface area (Å²) < 4.78 is 0.838. The van der Waals surface area contributed by atoms with Crippen molar-refractivity contribution in [2.24, 2.45) is 11.8 Å². The first-order valence-corrected chi connectivity index (χ1v) is 8.22. The zero-order valence-corrected chi connectivity index (χ0v) is 14.5. The number of carbonyl (C=O) groups is 2. The quantitative estimate of drug-likeness (QED) is 0.830. The molecular weight excluding hydrogens is 372 g/mol. The lowest BCUT2D eigenvalue weighted by atomic mass is 9.90. The number of nitrogens with zero attached hydrogens (tertiary/aromatic N) is 1. The number of anilines is 1. The van der Waals surface area contributed by atoms with Gasteiger partial charge < -0.3 is 10.4 Å². The molecule has 5 nitrogen and oxygen atoms in total. The van der Waals surface area contributed by atoms with E-state index in [1.54, 1.807) is 18.2 Å². The summed E-state index contributed by atoms with van der Waals surface area (Å²) >= 11 is 9.38. The van der Waals surface area contributed by atoms with E-state index >= 15 is 0 Å². The van der Waals surface area contributed by atoms with Crippen LogP contribution in [0.3, 0.4) is 0 Å². The Balaban J connectivity index is 1.95. The molecule has 2 N–H and O–H groups in total. The second-order valence-electron chi connectivity index (χ2n) is 5.74. The summed E-state index contributed by atoms with van der Waals surface area (Å²) in [6, 6.07) is 5.23. The SMILES string of the molecule is CC1CC(C(=O)O)CN(CC(=O)Nc2ccc(Br)cc2Cl)C1. The lowest BCUT2D eigenvalue weighted by molar-refractivity contribution is -0.144. The monoisotopic (exact) mass is 388 g/mol. The number of halogens is 2. The van der Waals surface area contributed by atoms with E-state index in [1.807, 2.05) is 11.8 Å². The topological polar surface area (TPSA) is 69.6 Å². The molecule has 1 fully saturated rings. The fourth-order valence-electron chi connectivity index (χ4n) is 2.75. The summed E-state index contributed by atoms with van der Waals surface area (Å²) in [6.07, 6.45) is 0.659. The van der Waals surface area contributed by atoms with E-state index in [-0.39, 0.29) is 18.4 Å². The van der Waals surface area contributed by atoms with E-state index in [1.165, 1.54) is 0 Å². The molecule has 1 aromatic carbocycles. The second-order valence-corrected chi connectivity index (χ2v) is 7.07. The molecule has 0 aromatic heterocycles. The van der Waals surface area contributed by atoms with Gasteiger partial charge in [-0.1, -0.05) is 34.5 Å². The van der Waals surface area contributed by atoms with Gasteiger partial charge in [0, 0.05) is 17.6 Å². The van der Waals surface area contributed by atoms with E-state index in [2.05, 4.69) is 21.2 Å². The van der Waals surface area contributed by atoms with Crippen LogP contribution < -0.4 is 5.32 Å². The van der Waals surface area contributed by atoms with Crippen molar-refractivity contribution >= 4 is 45.1 Å². The van der Waals surface area contributed by atoms with E-state index in [0.29, 0.717) is 23.7 Å². The smallest absolute Gasteiger partial charge is 0.307 e. The summed E-state index contributed by atoms with van der Waals surface area (Å²) in [7, 11) is 0. The molecule has 0 bridgehead atoms.